The van der Waals surface area contributed by atoms with Crippen LogP contribution in [0, 0.1) is 4.77 Å². The Morgan fingerprint density at radius 2 is 2.10 bits per heavy atom. The van der Waals surface area contributed by atoms with Crippen LogP contribution in [0.5, 0.6) is 0 Å². The highest BCUT2D eigenvalue weighted by atomic mass is 32.1. The molecule has 1 amide bonds. The molecule has 2 heterocycles. The van der Waals surface area contributed by atoms with E-state index < -0.39 is 0 Å². The van der Waals surface area contributed by atoms with Crippen molar-refractivity contribution in [2.75, 3.05) is 0 Å². The van der Waals surface area contributed by atoms with Crippen LogP contribution in [0.15, 0.2) is 0 Å². The Hall–Kier alpha value is -1.63. The van der Waals surface area contributed by atoms with E-state index in [4.69, 9.17) is 12.2 Å². The average Bonchev–Trinajstić information content (AvgIpc) is 2.84. The Balaban J connectivity index is 2.54. The van der Waals surface area contributed by atoms with Gasteiger partial charge in [0, 0.05) is 13.1 Å². The first-order valence-corrected chi connectivity index (χ1v) is 7.24. The zero-order valence-corrected chi connectivity index (χ0v) is 13.3. The molecular weight excluding hydrogens is 274 g/mol. The number of aromatic amines is 1. The molecule has 0 fully saturated rings. The summed E-state index contributed by atoms with van der Waals surface area (Å²) in [5, 5.41) is 7.37. The van der Waals surface area contributed by atoms with Crippen LogP contribution >= 0.6 is 12.2 Å². The number of nitrogens with zero attached hydrogens (tertiary/aromatic N) is 3. The van der Waals surface area contributed by atoms with Crippen molar-refractivity contribution < 1.29 is 4.79 Å². The van der Waals surface area contributed by atoms with Gasteiger partial charge in [-0.15, -0.1) is 0 Å². The Labute approximate surface area is 123 Å². The van der Waals surface area contributed by atoms with Crippen molar-refractivity contribution in [1.29, 1.82) is 0 Å². The van der Waals surface area contributed by atoms with Crippen molar-refractivity contribution in [2.45, 2.75) is 46.2 Å². The van der Waals surface area contributed by atoms with Gasteiger partial charge in [0.15, 0.2) is 10.4 Å². The van der Waals surface area contributed by atoms with Gasteiger partial charge in [-0.1, -0.05) is 6.92 Å². The van der Waals surface area contributed by atoms with Gasteiger partial charge in [0.25, 0.3) is 0 Å². The number of nitrogens with one attached hydrogen (secondary N) is 2. The van der Waals surface area contributed by atoms with E-state index in [-0.39, 0.29) is 18.0 Å². The standard InChI is InChI=1S/C13H21N5OS/c1-6-9-10-12(17(5)16-9)18(13(20)15-10)8(4)11(19)14-7(2)3/h7-8H,6H2,1-5H3,(H,14,19)(H,15,20). The Morgan fingerprint density at radius 1 is 1.45 bits per heavy atom. The predicted molar refractivity (Wildman–Crippen MR) is 81.3 cm³/mol. The largest absolute Gasteiger partial charge is 0.352 e. The molecule has 0 aromatic carbocycles. The van der Waals surface area contributed by atoms with Gasteiger partial charge in [-0.3, -0.25) is 14.0 Å². The molecule has 20 heavy (non-hydrogen) atoms. The highest BCUT2D eigenvalue weighted by Gasteiger charge is 2.22. The number of aryl methyl sites for hydroxylation is 2. The number of H-pyrrole nitrogens is 1. The zero-order chi connectivity index (χ0) is 15.0. The average molecular weight is 295 g/mol. The number of fused-ring (bicyclic) bond motifs is 1. The molecule has 0 aliphatic heterocycles. The summed E-state index contributed by atoms with van der Waals surface area (Å²) < 4.78 is 4.16. The summed E-state index contributed by atoms with van der Waals surface area (Å²) in [5.74, 6) is -0.0451. The highest BCUT2D eigenvalue weighted by Crippen LogP contribution is 2.22. The topological polar surface area (TPSA) is 67.6 Å². The Bertz CT molecular complexity index is 693. The van der Waals surface area contributed by atoms with Crippen LogP contribution in [0.25, 0.3) is 11.2 Å². The first-order valence-electron chi connectivity index (χ1n) is 6.83. The fourth-order valence-corrected chi connectivity index (χ4v) is 2.71. The van der Waals surface area contributed by atoms with Crippen LogP contribution in [0.4, 0.5) is 0 Å². The van der Waals surface area contributed by atoms with Gasteiger partial charge in [-0.05, 0) is 39.4 Å². The summed E-state index contributed by atoms with van der Waals surface area (Å²) in [4.78, 5) is 15.4. The number of carbonyl (C=O) groups is 1. The van der Waals surface area contributed by atoms with E-state index in [1.165, 1.54) is 0 Å². The van der Waals surface area contributed by atoms with Gasteiger partial charge in [0.05, 0.1) is 5.69 Å². The van der Waals surface area contributed by atoms with E-state index in [1.807, 2.05) is 39.3 Å². The molecule has 110 valence electrons. The summed E-state index contributed by atoms with van der Waals surface area (Å²) in [6, 6.07) is -0.273. The van der Waals surface area contributed by atoms with E-state index in [9.17, 15) is 4.79 Å². The fraction of sp³-hybridized carbons (Fsp3) is 0.615. The van der Waals surface area contributed by atoms with Gasteiger partial charge >= 0.3 is 0 Å². The molecule has 2 aromatic heterocycles. The number of hydrogen-bond donors (Lipinski definition) is 2. The minimum Gasteiger partial charge on any atom is -0.352 e. The van der Waals surface area contributed by atoms with Crippen LogP contribution in [-0.4, -0.2) is 31.3 Å². The molecule has 6 nitrogen and oxygen atoms in total. The molecule has 0 spiro atoms. The third-order valence-corrected chi connectivity index (χ3v) is 3.60. The first kappa shape index (κ1) is 14.8. The van der Waals surface area contributed by atoms with Crippen molar-refractivity contribution >= 4 is 29.3 Å². The lowest BCUT2D eigenvalue weighted by Crippen LogP contribution is -2.35. The molecule has 2 aromatic rings. The zero-order valence-electron chi connectivity index (χ0n) is 12.5. The van der Waals surface area contributed by atoms with Crippen molar-refractivity contribution in [1.82, 2.24) is 24.6 Å². The maximum atomic E-state index is 12.2. The summed E-state index contributed by atoms with van der Waals surface area (Å²) >= 11 is 5.37. The van der Waals surface area contributed by atoms with E-state index in [0.717, 1.165) is 23.3 Å². The maximum Gasteiger partial charge on any atom is 0.243 e. The van der Waals surface area contributed by atoms with Crippen LogP contribution in [0.1, 0.15) is 39.4 Å². The number of hydrogen-bond acceptors (Lipinski definition) is 3. The highest BCUT2D eigenvalue weighted by molar-refractivity contribution is 7.71. The molecule has 0 aliphatic rings. The second-order valence-electron chi connectivity index (χ2n) is 5.26. The van der Waals surface area contributed by atoms with Gasteiger partial charge in [-0.25, -0.2) is 0 Å². The van der Waals surface area contributed by atoms with Gasteiger partial charge in [0.1, 0.15) is 11.6 Å². The minimum atomic E-state index is -0.376. The molecule has 0 radical (unpaired) electrons. The molecule has 0 saturated carbocycles. The molecule has 0 bridgehead atoms. The molecule has 2 rings (SSSR count). The predicted octanol–water partition coefficient (Wildman–Crippen LogP) is 2.08. The summed E-state index contributed by atoms with van der Waals surface area (Å²) in [7, 11) is 1.87. The quantitative estimate of drug-likeness (QED) is 0.849. The van der Waals surface area contributed by atoms with E-state index in [2.05, 4.69) is 15.4 Å². The van der Waals surface area contributed by atoms with Crippen molar-refractivity contribution in [3.63, 3.8) is 0 Å². The third-order valence-electron chi connectivity index (χ3n) is 3.30. The molecule has 1 unspecified atom stereocenters. The summed E-state index contributed by atoms with van der Waals surface area (Å²) in [5.41, 5.74) is 2.74. The lowest BCUT2D eigenvalue weighted by molar-refractivity contribution is -0.124. The molecule has 0 saturated heterocycles. The second-order valence-corrected chi connectivity index (χ2v) is 5.65. The van der Waals surface area contributed by atoms with E-state index in [0.29, 0.717) is 4.77 Å². The monoisotopic (exact) mass is 295 g/mol. The lowest BCUT2D eigenvalue weighted by atomic mass is 10.2. The summed E-state index contributed by atoms with van der Waals surface area (Å²) in [6.45, 7) is 7.77. The van der Waals surface area contributed by atoms with Crippen LogP contribution < -0.4 is 5.32 Å². The Kier molecular flexibility index (Phi) is 3.99. The molecule has 2 N–H and O–H groups in total. The molecule has 1 atom stereocenters. The minimum absolute atomic E-state index is 0.0451. The van der Waals surface area contributed by atoms with Crippen LogP contribution in [0.3, 0.4) is 0 Å². The maximum absolute atomic E-state index is 12.2. The van der Waals surface area contributed by atoms with Crippen molar-refractivity contribution in [3.05, 3.63) is 10.5 Å². The fourth-order valence-electron chi connectivity index (χ4n) is 2.37. The first-order chi connectivity index (χ1) is 9.36. The van der Waals surface area contributed by atoms with Gasteiger partial charge in [0.2, 0.25) is 5.91 Å². The van der Waals surface area contributed by atoms with Gasteiger partial charge < -0.3 is 10.3 Å². The van der Waals surface area contributed by atoms with E-state index >= 15 is 0 Å². The number of rotatable bonds is 4. The van der Waals surface area contributed by atoms with Crippen molar-refractivity contribution in [3.8, 4) is 0 Å². The molecule has 0 aliphatic carbocycles. The third kappa shape index (κ3) is 2.37. The summed E-state index contributed by atoms with van der Waals surface area (Å²) in [6.07, 6.45) is 0.819. The van der Waals surface area contributed by atoms with Crippen LogP contribution in [0.2, 0.25) is 0 Å². The normalized spacial score (nSPS) is 13.1. The number of amides is 1. The van der Waals surface area contributed by atoms with Gasteiger partial charge in [-0.2, -0.15) is 5.10 Å². The van der Waals surface area contributed by atoms with Crippen LogP contribution in [-0.2, 0) is 18.3 Å². The van der Waals surface area contributed by atoms with Crippen molar-refractivity contribution in [2.24, 2.45) is 7.05 Å². The number of aromatic nitrogens is 4. The molecule has 7 heteroatoms. The smallest absolute Gasteiger partial charge is 0.243 e. The number of imidazole rings is 1. The lowest BCUT2D eigenvalue weighted by Gasteiger charge is -2.16. The van der Waals surface area contributed by atoms with E-state index in [1.54, 1.807) is 4.68 Å². The molecular formula is C13H21N5OS. The second kappa shape index (κ2) is 5.40. The number of carbonyl (C=O) groups excluding carboxylic acids is 1. The Morgan fingerprint density at radius 3 is 2.65 bits per heavy atom. The SMILES string of the molecule is CCc1nn(C)c2c1[nH]c(=S)n2C(C)C(=O)NC(C)C.